The van der Waals surface area contributed by atoms with Crippen LogP contribution < -0.4 is 5.56 Å². The Kier molecular flexibility index (Phi) is 6.23. The summed E-state index contributed by atoms with van der Waals surface area (Å²) in [6.45, 7) is 0.104. The Morgan fingerprint density at radius 1 is 1.16 bits per heavy atom. The first-order chi connectivity index (χ1) is 17.6. The first kappa shape index (κ1) is 24.9. The van der Waals surface area contributed by atoms with Gasteiger partial charge in [-0.3, -0.25) is 14.4 Å². The number of fused-ring (bicyclic) bond motifs is 1. The molecule has 10 heteroatoms. The third-order valence-corrected chi connectivity index (χ3v) is 7.15. The third kappa shape index (κ3) is 4.69. The van der Waals surface area contributed by atoms with E-state index in [0.29, 0.717) is 35.5 Å². The summed E-state index contributed by atoms with van der Waals surface area (Å²) in [4.78, 5) is 46.4. The number of rotatable bonds is 5. The van der Waals surface area contributed by atoms with Gasteiger partial charge in [-0.15, -0.1) is 0 Å². The summed E-state index contributed by atoms with van der Waals surface area (Å²) in [6.07, 6.45) is -3.20. The van der Waals surface area contributed by atoms with E-state index in [9.17, 15) is 32.7 Å². The predicted molar refractivity (Wildman–Crippen MR) is 127 cm³/mol. The average molecular weight is 512 g/mol. The average Bonchev–Trinajstić information content (AvgIpc) is 3.72. The van der Waals surface area contributed by atoms with E-state index in [-0.39, 0.29) is 18.7 Å². The first-order valence-corrected chi connectivity index (χ1v) is 11.9. The Labute approximate surface area is 210 Å². The van der Waals surface area contributed by atoms with Gasteiger partial charge >= 0.3 is 6.18 Å². The van der Waals surface area contributed by atoms with Crippen LogP contribution in [-0.2, 0) is 29.4 Å². The van der Waals surface area contributed by atoms with Crippen molar-refractivity contribution in [1.82, 2.24) is 14.9 Å². The number of nitrogens with zero attached hydrogens (tertiary/aromatic N) is 2. The van der Waals surface area contributed by atoms with Crippen LogP contribution in [0.2, 0.25) is 0 Å². The number of aldehydes is 1. The number of carbonyl (C=O) groups is 2. The molecule has 0 unspecified atom stereocenters. The van der Waals surface area contributed by atoms with E-state index in [1.54, 1.807) is 18.2 Å². The Hall–Kier alpha value is -3.79. The molecule has 2 aromatic carbocycles. The number of alkyl halides is 3. The molecule has 0 spiro atoms. The summed E-state index contributed by atoms with van der Waals surface area (Å²) in [5, 5.41) is 10.6. The maximum absolute atomic E-state index is 13.2. The largest absolute Gasteiger partial charge is 0.416 e. The van der Waals surface area contributed by atoms with Crippen LogP contribution in [-0.4, -0.2) is 38.7 Å². The fraction of sp³-hybridized carbons (Fsp3) is 0.333. The molecule has 1 saturated carbocycles. The van der Waals surface area contributed by atoms with Gasteiger partial charge < -0.3 is 15.0 Å². The van der Waals surface area contributed by atoms with Crippen molar-refractivity contribution in [2.45, 2.75) is 49.9 Å². The van der Waals surface area contributed by atoms with Crippen LogP contribution in [0.15, 0.2) is 53.3 Å². The van der Waals surface area contributed by atoms with Crippen LogP contribution in [0.3, 0.4) is 0 Å². The zero-order valence-electron chi connectivity index (χ0n) is 19.7. The Morgan fingerprint density at radius 2 is 1.92 bits per heavy atom. The number of amides is 1. The standard InChI is InChI=1S/C27H24F3N3O4/c28-27(29,30)19-7-2-5-17(13-19)22(35)24(37)33-11-3-8-21-20(14-33)23(36)32-25(31-21)26(9-10-26)18-6-1-4-16(12-18)15-34/h1-2,4-7,12-13,15,22,35H,3,8-11,14H2,(H,31,32,36)/t22-/m1/s1. The van der Waals surface area contributed by atoms with Crippen molar-refractivity contribution >= 4 is 12.2 Å². The molecule has 1 atom stereocenters. The van der Waals surface area contributed by atoms with Crippen molar-refractivity contribution in [2.24, 2.45) is 0 Å². The monoisotopic (exact) mass is 511 g/mol. The summed E-state index contributed by atoms with van der Waals surface area (Å²) in [6, 6.07) is 11.2. The van der Waals surface area contributed by atoms with Crippen LogP contribution in [0.5, 0.6) is 0 Å². The second-order valence-electron chi connectivity index (χ2n) is 9.55. The van der Waals surface area contributed by atoms with Gasteiger partial charge in [0.25, 0.3) is 11.5 Å². The molecule has 37 heavy (non-hydrogen) atoms. The minimum Gasteiger partial charge on any atom is -0.378 e. The molecule has 0 radical (unpaired) electrons. The Bertz CT molecular complexity index is 1430. The first-order valence-electron chi connectivity index (χ1n) is 11.9. The maximum atomic E-state index is 13.2. The number of aliphatic hydroxyl groups excluding tert-OH is 1. The zero-order chi connectivity index (χ0) is 26.4. The summed E-state index contributed by atoms with van der Waals surface area (Å²) in [7, 11) is 0. The fourth-order valence-electron chi connectivity index (χ4n) is 4.93. The van der Waals surface area contributed by atoms with Crippen LogP contribution in [0.1, 0.15) is 69.5 Å². The topological polar surface area (TPSA) is 103 Å². The number of aliphatic hydroxyl groups is 1. The van der Waals surface area contributed by atoms with E-state index < -0.39 is 34.7 Å². The molecule has 5 rings (SSSR count). The van der Waals surface area contributed by atoms with Crippen molar-refractivity contribution in [3.63, 3.8) is 0 Å². The fourth-order valence-corrected chi connectivity index (χ4v) is 4.93. The highest BCUT2D eigenvalue weighted by atomic mass is 19.4. The smallest absolute Gasteiger partial charge is 0.378 e. The third-order valence-electron chi connectivity index (χ3n) is 7.15. The van der Waals surface area contributed by atoms with E-state index in [1.165, 1.54) is 11.0 Å². The molecule has 1 aliphatic carbocycles. The molecule has 3 aromatic rings. The molecule has 1 amide bonds. The van der Waals surface area contributed by atoms with Gasteiger partial charge in [-0.1, -0.05) is 30.3 Å². The SMILES string of the molecule is O=Cc1cccc(C2(c3nc4c(c(=O)[nH]3)CN(C(=O)[C@H](O)c3cccc(C(F)(F)F)c3)CCC4)CC2)c1. The number of hydrogen-bond acceptors (Lipinski definition) is 5. The summed E-state index contributed by atoms with van der Waals surface area (Å²) in [5.41, 5.74) is 0.284. The van der Waals surface area contributed by atoms with Crippen molar-refractivity contribution in [1.29, 1.82) is 0 Å². The molecule has 192 valence electrons. The molecular weight excluding hydrogens is 487 g/mol. The van der Waals surface area contributed by atoms with E-state index >= 15 is 0 Å². The lowest BCUT2D eigenvalue weighted by Crippen LogP contribution is -2.36. The van der Waals surface area contributed by atoms with E-state index in [1.807, 2.05) is 6.07 Å². The molecule has 1 fully saturated rings. The summed E-state index contributed by atoms with van der Waals surface area (Å²) in [5.74, 6) is -0.261. The lowest BCUT2D eigenvalue weighted by Gasteiger charge is -2.24. The molecule has 1 aromatic heterocycles. The molecule has 1 aliphatic heterocycles. The van der Waals surface area contributed by atoms with Gasteiger partial charge in [-0.05, 0) is 55.0 Å². The van der Waals surface area contributed by atoms with Crippen LogP contribution in [0.4, 0.5) is 13.2 Å². The highest BCUT2D eigenvalue weighted by Gasteiger charge is 2.49. The summed E-state index contributed by atoms with van der Waals surface area (Å²) >= 11 is 0. The molecular formula is C27H24F3N3O4. The number of hydrogen-bond donors (Lipinski definition) is 2. The van der Waals surface area contributed by atoms with Gasteiger partial charge in [0.05, 0.1) is 28.8 Å². The van der Waals surface area contributed by atoms with E-state index in [0.717, 1.165) is 42.9 Å². The Balaban J connectivity index is 1.41. The van der Waals surface area contributed by atoms with Gasteiger partial charge in [0.2, 0.25) is 0 Å². The van der Waals surface area contributed by atoms with E-state index in [2.05, 4.69) is 4.98 Å². The van der Waals surface area contributed by atoms with Crippen LogP contribution in [0, 0.1) is 0 Å². The Morgan fingerprint density at radius 3 is 2.62 bits per heavy atom. The lowest BCUT2D eigenvalue weighted by atomic mass is 9.93. The van der Waals surface area contributed by atoms with Crippen molar-refractivity contribution < 1.29 is 27.9 Å². The van der Waals surface area contributed by atoms with Gasteiger partial charge in [0.15, 0.2) is 6.10 Å². The second kappa shape index (κ2) is 9.26. The lowest BCUT2D eigenvalue weighted by molar-refractivity contribution is -0.142. The summed E-state index contributed by atoms with van der Waals surface area (Å²) < 4.78 is 39.2. The maximum Gasteiger partial charge on any atom is 0.416 e. The second-order valence-corrected chi connectivity index (χ2v) is 9.55. The number of aromatic nitrogens is 2. The number of aryl methyl sites for hydroxylation is 1. The molecule has 2 N–H and O–H groups in total. The van der Waals surface area contributed by atoms with Gasteiger partial charge in [-0.2, -0.15) is 13.2 Å². The molecule has 2 heterocycles. The zero-order valence-corrected chi connectivity index (χ0v) is 19.7. The normalized spacial score (nSPS) is 17.5. The van der Waals surface area contributed by atoms with Gasteiger partial charge in [0.1, 0.15) is 12.1 Å². The quantitative estimate of drug-likeness (QED) is 0.509. The molecule has 7 nitrogen and oxygen atoms in total. The number of aromatic amines is 1. The number of benzene rings is 2. The molecule has 2 aliphatic rings. The highest BCUT2D eigenvalue weighted by Crippen LogP contribution is 2.52. The van der Waals surface area contributed by atoms with Crippen molar-refractivity contribution in [3.8, 4) is 0 Å². The van der Waals surface area contributed by atoms with Crippen LogP contribution >= 0.6 is 0 Å². The highest BCUT2D eigenvalue weighted by molar-refractivity contribution is 5.82. The minimum absolute atomic E-state index is 0.111. The van der Waals surface area contributed by atoms with E-state index in [4.69, 9.17) is 4.98 Å². The minimum atomic E-state index is -4.61. The number of halogens is 3. The van der Waals surface area contributed by atoms with Gasteiger partial charge in [-0.25, -0.2) is 4.98 Å². The molecule has 0 bridgehead atoms. The predicted octanol–water partition coefficient (Wildman–Crippen LogP) is 3.69. The van der Waals surface area contributed by atoms with Gasteiger partial charge in [0, 0.05) is 12.1 Å². The number of H-pyrrole nitrogens is 1. The van der Waals surface area contributed by atoms with Crippen molar-refractivity contribution in [2.75, 3.05) is 6.54 Å². The number of nitrogens with one attached hydrogen (secondary N) is 1. The number of carbonyl (C=O) groups excluding carboxylic acids is 2. The molecule has 0 saturated heterocycles. The van der Waals surface area contributed by atoms with Crippen LogP contribution in [0.25, 0.3) is 0 Å². The van der Waals surface area contributed by atoms with Crippen molar-refractivity contribution in [3.05, 3.63) is 98.2 Å².